The predicted molar refractivity (Wildman–Crippen MR) is 61.3 cm³/mol. The summed E-state index contributed by atoms with van der Waals surface area (Å²) in [6.45, 7) is 6.99. The van der Waals surface area contributed by atoms with Crippen molar-refractivity contribution < 1.29 is 0 Å². The third-order valence-electron chi connectivity index (χ3n) is 4.68. The molecule has 2 aliphatic carbocycles. The number of nitrogens with one attached hydrogen (secondary N) is 1. The highest BCUT2D eigenvalue weighted by atomic mass is 14.9. The molecule has 0 heterocycles. The standard InChI is InChI=1S/C13H25N/c1-3-11-5-7-13(8-6-11)9-12(13)10-14-4-2/h11-12,14H,3-10H2,1-2H3. The van der Waals surface area contributed by atoms with E-state index >= 15 is 0 Å². The van der Waals surface area contributed by atoms with Gasteiger partial charge in [0.25, 0.3) is 0 Å². The Kier molecular flexibility index (Phi) is 3.16. The van der Waals surface area contributed by atoms with Crippen molar-refractivity contribution in [1.29, 1.82) is 0 Å². The fraction of sp³-hybridized carbons (Fsp3) is 1.00. The molecule has 0 radical (unpaired) electrons. The number of hydrogen-bond acceptors (Lipinski definition) is 1. The van der Waals surface area contributed by atoms with Crippen LogP contribution in [0.25, 0.3) is 0 Å². The Morgan fingerprint density at radius 2 is 1.93 bits per heavy atom. The van der Waals surface area contributed by atoms with Crippen LogP contribution in [0.4, 0.5) is 0 Å². The molecule has 2 fully saturated rings. The van der Waals surface area contributed by atoms with Crippen LogP contribution in [0.1, 0.15) is 52.4 Å². The van der Waals surface area contributed by atoms with Gasteiger partial charge in [0.1, 0.15) is 0 Å². The molecule has 14 heavy (non-hydrogen) atoms. The lowest BCUT2D eigenvalue weighted by Gasteiger charge is -2.28. The van der Waals surface area contributed by atoms with Crippen molar-refractivity contribution in [3.05, 3.63) is 0 Å². The molecule has 0 aliphatic heterocycles. The summed E-state index contributed by atoms with van der Waals surface area (Å²) < 4.78 is 0. The molecule has 2 rings (SSSR count). The zero-order chi connectivity index (χ0) is 10.0. The summed E-state index contributed by atoms with van der Waals surface area (Å²) in [5.74, 6) is 2.08. The van der Waals surface area contributed by atoms with Gasteiger partial charge in [0.2, 0.25) is 0 Å². The van der Waals surface area contributed by atoms with Crippen LogP contribution in [0.2, 0.25) is 0 Å². The number of rotatable bonds is 4. The maximum absolute atomic E-state index is 3.51. The molecule has 0 aromatic carbocycles. The van der Waals surface area contributed by atoms with Crippen LogP contribution >= 0.6 is 0 Å². The van der Waals surface area contributed by atoms with Gasteiger partial charge in [-0.1, -0.05) is 20.3 Å². The minimum Gasteiger partial charge on any atom is -0.317 e. The van der Waals surface area contributed by atoms with E-state index in [1.54, 1.807) is 0 Å². The van der Waals surface area contributed by atoms with Crippen molar-refractivity contribution in [2.75, 3.05) is 13.1 Å². The summed E-state index contributed by atoms with van der Waals surface area (Å²) >= 11 is 0. The predicted octanol–water partition coefficient (Wildman–Crippen LogP) is 3.20. The maximum Gasteiger partial charge on any atom is -0.00151 e. The van der Waals surface area contributed by atoms with Crippen LogP contribution in [-0.4, -0.2) is 13.1 Å². The Morgan fingerprint density at radius 3 is 2.50 bits per heavy atom. The van der Waals surface area contributed by atoms with Gasteiger partial charge in [0.15, 0.2) is 0 Å². The first-order chi connectivity index (χ1) is 6.80. The van der Waals surface area contributed by atoms with Crippen molar-refractivity contribution in [2.45, 2.75) is 52.4 Å². The van der Waals surface area contributed by atoms with Gasteiger partial charge in [-0.3, -0.25) is 0 Å². The van der Waals surface area contributed by atoms with E-state index in [1.165, 1.54) is 45.1 Å². The van der Waals surface area contributed by atoms with Gasteiger partial charge in [-0.25, -0.2) is 0 Å². The highest BCUT2D eigenvalue weighted by Crippen LogP contribution is 2.61. The van der Waals surface area contributed by atoms with Crippen LogP contribution in [-0.2, 0) is 0 Å². The molecule has 82 valence electrons. The molecule has 0 aromatic rings. The molecule has 1 unspecified atom stereocenters. The molecule has 0 bridgehead atoms. The molecule has 1 nitrogen and oxygen atoms in total. The highest BCUT2D eigenvalue weighted by molar-refractivity contribution is 5.04. The van der Waals surface area contributed by atoms with Crippen LogP contribution < -0.4 is 5.32 Å². The Balaban J connectivity index is 1.74. The summed E-state index contributed by atoms with van der Waals surface area (Å²) in [5, 5.41) is 3.51. The van der Waals surface area contributed by atoms with Gasteiger partial charge < -0.3 is 5.32 Å². The van der Waals surface area contributed by atoms with E-state index in [0.29, 0.717) is 0 Å². The summed E-state index contributed by atoms with van der Waals surface area (Å²) in [5.41, 5.74) is 0.813. The van der Waals surface area contributed by atoms with E-state index in [0.717, 1.165) is 23.8 Å². The average Bonchev–Trinajstić information content (AvgIpc) is 2.90. The minimum absolute atomic E-state index is 0.813. The molecule has 2 saturated carbocycles. The van der Waals surface area contributed by atoms with Crippen molar-refractivity contribution in [3.8, 4) is 0 Å². The molecular weight excluding hydrogens is 170 g/mol. The molecule has 1 spiro atoms. The van der Waals surface area contributed by atoms with E-state index in [9.17, 15) is 0 Å². The minimum atomic E-state index is 0.813. The summed E-state index contributed by atoms with van der Waals surface area (Å²) in [4.78, 5) is 0. The zero-order valence-corrected chi connectivity index (χ0v) is 9.81. The largest absolute Gasteiger partial charge is 0.317 e. The molecular formula is C13H25N. The van der Waals surface area contributed by atoms with Gasteiger partial charge in [-0.15, -0.1) is 0 Å². The van der Waals surface area contributed by atoms with E-state index in [2.05, 4.69) is 19.2 Å². The molecule has 0 aromatic heterocycles. The van der Waals surface area contributed by atoms with Crippen molar-refractivity contribution in [1.82, 2.24) is 5.32 Å². The normalized spacial score (nSPS) is 41.6. The lowest BCUT2D eigenvalue weighted by atomic mass is 9.77. The fourth-order valence-corrected chi connectivity index (χ4v) is 3.31. The first-order valence-electron chi connectivity index (χ1n) is 6.51. The van der Waals surface area contributed by atoms with Gasteiger partial charge in [0.05, 0.1) is 0 Å². The molecule has 1 heteroatoms. The van der Waals surface area contributed by atoms with Crippen molar-refractivity contribution >= 4 is 0 Å². The Labute approximate surface area is 88.7 Å². The third-order valence-corrected chi connectivity index (χ3v) is 4.68. The van der Waals surface area contributed by atoms with E-state index in [1.807, 2.05) is 0 Å². The monoisotopic (exact) mass is 195 g/mol. The average molecular weight is 195 g/mol. The number of hydrogen-bond donors (Lipinski definition) is 1. The van der Waals surface area contributed by atoms with Crippen LogP contribution in [0.15, 0.2) is 0 Å². The summed E-state index contributed by atoms with van der Waals surface area (Å²) in [6, 6.07) is 0. The highest BCUT2D eigenvalue weighted by Gasteiger charge is 2.53. The molecule has 1 atom stereocenters. The molecule has 1 N–H and O–H groups in total. The topological polar surface area (TPSA) is 12.0 Å². The van der Waals surface area contributed by atoms with Crippen molar-refractivity contribution in [2.24, 2.45) is 17.3 Å². The molecule has 0 amide bonds. The van der Waals surface area contributed by atoms with Gasteiger partial charge in [-0.2, -0.15) is 0 Å². The van der Waals surface area contributed by atoms with Crippen LogP contribution in [0.5, 0.6) is 0 Å². The lowest BCUT2D eigenvalue weighted by Crippen LogP contribution is -2.22. The van der Waals surface area contributed by atoms with Gasteiger partial charge in [0, 0.05) is 0 Å². The summed E-state index contributed by atoms with van der Waals surface area (Å²) in [7, 11) is 0. The van der Waals surface area contributed by atoms with E-state index < -0.39 is 0 Å². The van der Waals surface area contributed by atoms with E-state index in [4.69, 9.17) is 0 Å². The maximum atomic E-state index is 3.51. The smallest absolute Gasteiger partial charge is 0.00151 e. The van der Waals surface area contributed by atoms with Crippen LogP contribution in [0, 0.1) is 17.3 Å². The quantitative estimate of drug-likeness (QED) is 0.726. The first-order valence-corrected chi connectivity index (χ1v) is 6.51. The van der Waals surface area contributed by atoms with Crippen LogP contribution in [0.3, 0.4) is 0 Å². The van der Waals surface area contributed by atoms with Crippen molar-refractivity contribution in [3.63, 3.8) is 0 Å². The second-order valence-corrected chi connectivity index (χ2v) is 5.42. The lowest BCUT2D eigenvalue weighted by molar-refractivity contribution is 0.233. The first kappa shape index (κ1) is 10.5. The fourth-order valence-electron chi connectivity index (χ4n) is 3.31. The SMILES string of the molecule is CCNCC1CC12CCC(CC)CC2. The molecule has 0 saturated heterocycles. The van der Waals surface area contributed by atoms with Gasteiger partial charge in [-0.05, 0) is 62.4 Å². The second kappa shape index (κ2) is 4.22. The second-order valence-electron chi connectivity index (χ2n) is 5.42. The van der Waals surface area contributed by atoms with Gasteiger partial charge >= 0.3 is 0 Å². The Morgan fingerprint density at radius 1 is 1.21 bits per heavy atom. The summed E-state index contributed by atoms with van der Waals surface area (Å²) in [6.07, 6.45) is 9.02. The van der Waals surface area contributed by atoms with E-state index in [-0.39, 0.29) is 0 Å². The molecule has 2 aliphatic rings. The third kappa shape index (κ3) is 1.98. The Hall–Kier alpha value is -0.0400. The Bertz CT molecular complexity index is 180. The zero-order valence-electron chi connectivity index (χ0n) is 9.81.